The van der Waals surface area contributed by atoms with Gasteiger partial charge in [-0.2, -0.15) is 0 Å². The number of benzene rings is 1. The molecule has 0 aromatic heterocycles. The van der Waals surface area contributed by atoms with E-state index in [9.17, 15) is 0 Å². The maximum absolute atomic E-state index is 9.13. The van der Waals surface area contributed by atoms with Crippen molar-refractivity contribution in [2.45, 2.75) is 44.9 Å². The third-order valence-electron chi connectivity index (χ3n) is 3.04. The maximum Gasteiger partial charge on any atom is 0.109 e. The van der Waals surface area contributed by atoms with Crippen molar-refractivity contribution in [3.63, 3.8) is 0 Å². The Kier molecular flexibility index (Phi) is 2.59. The van der Waals surface area contributed by atoms with Crippen molar-refractivity contribution in [3.8, 4) is 0 Å². The van der Waals surface area contributed by atoms with Gasteiger partial charge in [-0.05, 0) is 40.9 Å². The van der Waals surface area contributed by atoms with Crippen LogP contribution in [0.4, 0.5) is 0 Å². The van der Waals surface area contributed by atoms with E-state index in [-0.39, 0.29) is 5.41 Å². The van der Waals surface area contributed by atoms with Crippen LogP contribution in [0, 0.1) is 6.61 Å². The molecule has 1 heteroatoms. The Labute approximate surface area is 92.1 Å². The molecular formula is C14H19O. The molecule has 1 saturated carbocycles. The van der Waals surface area contributed by atoms with E-state index in [1.807, 2.05) is 0 Å². The average Bonchev–Trinajstić information content (AvgIpc) is 2.99. The van der Waals surface area contributed by atoms with E-state index in [0.717, 1.165) is 11.5 Å². The van der Waals surface area contributed by atoms with Crippen molar-refractivity contribution in [1.29, 1.82) is 0 Å². The van der Waals surface area contributed by atoms with Gasteiger partial charge in [0.15, 0.2) is 0 Å². The Balaban J connectivity index is 2.41. The summed E-state index contributed by atoms with van der Waals surface area (Å²) in [5, 5.41) is 9.13. The first-order chi connectivity index (χ1) is 7.00. The monoisotopic (exact) mass is 203 g/mol. The Hall–Kier alpha value is -0.820. The van der Waals surface area contributed by atoms with Crippen LogP contribution in [0.5, 0.6) is 0 Å². The molecule has 0 unspecified atom stereocenters. The topological polar surface area (TPSA) is 20.2 Å². The average molecular weight is 203 g/mol. The second-order valence-corrected chi connectivity index (χ2v) is 5.54. The summed E-state index contributed by atoms with van der Waals surface area (Å²) in [6, 6.07) is 6.48. The van der Waals surface area contributed by atoms with Gasteiger partial charge in [0.25, 0.3) is 0 Å². The zero-order valence-electron chi connectivity index (χ0n) is 9.75. The van der Waals surface area contributed by atoms with Crippen molar-refractivity contribution >= 4 is 0 Å². The zero-order chi connectivity index (χ0) is 11.1. The van der Waals surface area contributed by atoms with E-state index in [0.29, 0.717) is 0 Å². The van der Waals surface area contributed by atoms with Crippen LogP contribution in [-0.4, -0.2) is 5.11 Å². The molecule has 0 spiro atoms. The minimum Gasteiger partial charge on any atom is -0.385 e. The van der Waals surface area contributed by atoms with Crippen molar-refractivity contribution in [3.05, 3.63) is 41.5 Å². The fourth-order valence-corrected chi connectivity index (χ4v) is 1.84. The highest BCUT2D eigenvalue weighted by Gasteiger charge is 2.25. The molecule has 0 saturated heterocycles. The highest BCUT2D eigenvalue weighted by molar-refractivity contribution is 5.39. The fraction of sp³-hybridized carbons (Fsp3) is 0.500. The van der Waals surface area contributed by atoms with E-state index in [1.54, 1.807) is 0 Å². The lowest BCUT2D eigenvalue weighted by molar-refractivity contribution is 0.414. The highest BCUT2D eigenvalue weighted by Crippen LogP contribution is 2.41. The van der Waals surface area contributed by atoms with E-state index in [1.165, 1.54) is 30.6 Å². The van der Waals surface area contributed by atoms with E-state index < -0.39 is 0 Å². The number of hydrogen-bond acceptors (Lipinski definition) is 1. The van der Waals surface area contributed by atoms with Gasteiger partial charge in [-0.25, -0.2) is 0 Å². The third-order valence-corrected chi connectivity index (χ3v) is 3.04. The Morgan fingerprint density at radius 1 is 1.20 bits per heavy atom. The first-order valence-electron chi connectivity index (χ1n) is 5.63. The molecule has 1 aliphatic carbocycles. The molecule has 1 radical (unpaired) electrons. The summed E-state index contributed by atoms with van der Waals surface area (Å²) < 4.78 is 0. The van der Waals surface area contributed by atoms with Crippen LogP contribution in [-0.2, 0) is 5.41 Å². The predicted molar refractivity (Wildman–Crippen MR) is 62.5 cm³/mol. The minimum absolute atomic E-state index is 0.155. The fourth-order valence-electron chi connectivity index (χ4n) is 1.84. The van der Waals surface area contributed by atoms with Crippen LogP contribution in [0.3, 0.4) is 0 Å². The molecule has 1 aromatic carbocycles. The van der Waals surface area contributed by atoms with Gasteiger partial charge in [-0.1, -0.05) is 39.0 Å². The Morgan fingerprint density at radius 3 is 2.33 bits per heavy atom. The largest absolute Gasteiger partial charge is 0.385 e. The molecule has 0 amide bonds. The van der Waals surface area contributed by atoms with Crippen LogP contribution < -0.4 is 0 Å². The molecule has 1 aliphatic rings. The molecule has 2 rings (SSSR count). The van der Waals surface area contributed by atoms with Crippen LogP contribution >= 0.6 is 0 Å². The van der Waals surface area contributed by atoms with Gasteiger partial charge in [0.2, 0.25) is 0 Å². The molecule has 15 heavy (non-hydrogen) atoms. The minimum atomic E-state index is 0.155. The summed E-state index contributed by atoms with van der Waals surface area (Å²) in [6.07, 6.45) is 2.61. The summed E-state index contributed by atoms with van der Waals surface area (Å²) in [5.41, 5.74) is 3.79. The van der Waals surface area contributed by atoms with Gasteiger partial charge < -0.3 is 5.11 Å². The van der Waals surface area contributed by atoms with Crippen molar-refractivity contribution in [1.82, 2.24) is 0 Å². The van der Waals surface area contributed by atoms with Gasteiger partial charge in [-0.3, -0.25) is 0 Å². The molecule has 0 aliphatic heterocycles. The molecule has 1 aromatic rings. The Bertz CT molecular complexity index is 356. The summed E-state index contributed by atoms with van der Waals surface area (Å²) in [6.45, 7) is 7.83. The van der Waals surface area contributed by atoms with Gasteiger partial charge >= 0.3 is 0 Å². The van der Waals surface area contributed by atoms with E-state index >= 15 is 0 Å². The molecule has 81 valence electrons. The number of aliphatic hydroxyl groups excluding tert-OH is 1. The molecule has 0 atom stereocenters. The van der Waals surface area contributed by atoms with Crippen molar-refractivity contribution in [2.24, 2.45) is 0 Å². The number of aliphatic hydroxyl groups is 1. The van der Waals surface area contributed by atoms with Crippen LogP contribution in [0.15, 0.2) is 18.2 Å². The first-order valence-corrected chi connectivity index (χ1v) is 5.63. The Morgan fingerprint density at radius 2 is 1.87 bits per heavy atom. The van der Waals surface area contributed by atoms with Gasteiger partial charge in [-0.15, -0.1) is 0 Å². The SMILES string of the molecule is CC(C)(C)c1cc([CH]O)cc(C2CC2)c1. The molecule has 0 bridgehead atoms. The standard InChI is InChI=1S/C14H19O/c1-14(2,3)13-7-10(9-15)6-12(8-13)11-4-5-11/h6-9,11,15H,4-5H2,1-3H3. The van der Waals surface area contributed by atoms with E-state index in [4.69, 9.17) is 5.11 Å². The molecule has 0 heterocycles. The second-order valence-electron chi connectivity index (χ2n) is 5.54. The molecule has 1 nitrogen and oxygen atoms in total. The second kappa shape index (κ2) is 3.64. The lowest BCUT2D eigenvalue weighted by Gasteiger charge is -2.21. The predicted octanol–water partition coefficient (Wildman–Crippen LogP) is 3.74. The highest BCUT2D eigenvalue weighted by atomic mass is 16.3. The zero-order valence-corrected chi connectivity index (χ0v) is 9.75. The lowest BCUT2D eigenvalue weighted by atomic mass is 9.84. The quantitative estimate of drug-likeness (QED) is 0.776. The first kappa shape index (κ1) is 10.7. The van der Waals surface area contributed by atoms with Gasteiger partial charge in [0, 0.05) is 0 Å². The normalized spacial score (nSPS) is 16.8. The maximum atomic E-state index is 9.13. The summed E-state index contributed by atoms with van der Waals surface area (Å²) in [4.78, 5) is 0. The summed E-state index contributed by atoms with van der Waals surface area (Å²) >= 11 is 0. The third kappa shape index (κ3) is 2.40. The summed E-state index contributed by atoms with van der Waals surface area (Å²) in [5.74, 6) is 0.742. The van der Waals surface area contributed by atoms with E-state index in [2.05, 4.69) is 39.0 Å². The smallest absolute Gasteiger partial charge is 0.109 e. The van der Waals surface area contributed by atoms with Crippen LogP contribution in [0.2, 0.25) is 0 Å². The van der Waals surface area contributed by atoms with Crippen LogP contribution in [0.1, 0.15) is 56.2 Å². The van der Waals surface area contributed by atoms with Gasteiger partial charge in [0.1, 0.15) is 6.61 Å². The molecular weight excluding hydrogens is 184 g/mol. The van der Waals surface area contributed by atoms with Crippen molar-refractivity contribution < 1.29 is 5.11 Å². The van der Waals surface area contributed by atoms with Crippen molar-refractivity contribution in [2.75, 3.05) is 0 Å². The number of hydrogen-bond donors (Lipinski definition) is 1. The van der Waals surface area contributed by atoms with Crippen LogP contribution in [0.25, 0.3) is 0 Å². The molecule has 1 fully saturated rings. The lowest BCUT2D eigenvalue weighted by Crippen LogP contribution is -2.12. The number of rotatable bonds is 2. The summed E-state index contributed by atoms with van der Waals surface area (Å²) in [7, 11) is 0. The van der Waals surface area contributed by atoms with Gasteiger partial charge in [0.05, 0.1) is 0 Å². The molecule has 1 N–H and O–H groups in total.